The van der Waals surface area contributed by atoms with E-state index in [2.05, 4.69) is 20.6 Å². The molecule has 3 aromatic rings. The summed E-state index contributed by atoms with van der Waals surface area (Å²) in [5, 5.41) is 15.1. The van der Waals surface area contributed by atoms with Crippen LogP contribution in [-0.4, -0.2) is 32.5 Å². The van der Waals surface area contributed by atoms with Crippen molar-refractivity contribution in [3.63, 3.8) is 0 Å². The Morgan fingerprint density at radius 2 is 2.04 bits per heavy atom. The topological polar surface area (TPSA) is 95.1 Å². The van der Waals surface area contributed by atoms with Crippen LogP contribution in [0.25, 0.3) is 11.6 Å². The Labute approximate surface area is 148 Å². The van der Waals surface area contributed by atoms with Crippen molar-refractivity contribution < 1.29 is 13.9 Å². The van der Waals surface area contributed by atoms with Gasteiger partial charge in [0.15, 0.2) is 6.61 Å². The molecule has 8 nitrogen and oxygen atoms in total. The Hall–Kier alpha value is -2.87. The van der Waals surface area contributed by atoms with Crippen molar-refractivity contribution in [3.05, 3.63) is 41.6 Å². The van der Waals surface area contributed by atoms with Crippen LogP contribution in [0.2, 0.25) is 5.02 Å². The number of anilines is 1. The fraction of sp³-hybridized carbons (Fsp3) is 0.250. The molecule has 0 aliphatic rings. The summed E-state index contributed by atoms with van der Waals surface area (Å²) < 4.78 is 12.5. The van der Waals surface area contributed by atoms with E-state index < -0.39 is 5.91 Å². The first-order valence-corrected chi connectivity index (χ1v) is 7.96. The summed E-state index contributed by atoms with van der Waals surface area (Å²) in [6, 6.07) is 8.67. The van der Waals surface area contributed by atoms with Crippen molar-refractivity contribution in [1.29, 1.82) is 0 Å². The van der Waals surface area contributed by atoms with Crippen molar-refractivity contribution in [2.24, 2.45) is 0 Å². The lowest BCUT2D eigenvalue weighted by Crippen LogP contribution is -2.20. The number of ether oxygens (including phenoxy) is 1. The first-order valence-electron chi connectivity index (χ1n) is 7.58. The second-order valence-electron chi connectivity index (χ2n) is 5.48. The average molecular weight is 362 g/mol. The highest BCUT2D eigenvalue weighted by Crippen LogP contribution is 2.19. The number of nitrogens with one attached hydrogen (secondary N) is 1. The summed E-state index contributed by atoms with van der Waals surface area (Å²) in [6.07, 6.45) is 1.82. The maximum absolute atomic E-state index is 11.9. The lowest BCUT2D eigenvalue weighted by molar-refractivity contribution is -0.118. The third kappa shape index (κ3) is 4.36. The lowest BCUT2D eigenvalue weighted by atomic mass is 10.3. The monoisotopic (exact) mass is 361 g/mol. The summed E-state index contributed by atoms with van der Waals surface area (Å²) in [4.78, 5) is 11.9. The Balaban J connectivity index is 1.56. The molecule has 0 aliphatic heterocycles. The second kappa shape index (κ2) is 7.35. The van der Waals surface area contributed by atoms with Crippen LogP contribution < -0.4 is 10.1 Å². The predicted octanol–water partition coefficient (Wildman–Crippen LogP) is 3.18. The molecule has 130 valence electrons. The fourth-order valence-corrected chi connectivity index (χ4v) is 2.08. The molecule has 0 unspecified atom stereocenters. The van der Waals surface area contributed by atoms with Gasteiger partial charge in [0.05, 0.1) is 0 Å². The third-order valence-electron chi connectivity index (χ3n) is 3.21. The number of aromatic nitrogens is 4. The molecule has 0 atom stereocenters. The zero-order valence-electron chi connectivity index (χ0n) is 13.6. The molecule has 2 aromatic heterocycles. The highest BCUT2D eigenvalue weighted by molar-refractivity contribution is 6.30. The number of hydrogen-bond acceptors (Lipinski definition) is 6. The number of halogens is 1. The largest absolute Gasteiger partial charge is 0.484 e. The first kappa shape index (κ1) is 17.0. The van der Waals surface area contributed by atoms with Gasteiger partial charge in [0.25, 0.3) is 11.8 Å². The molecule has 0 aliphatic carbocycles. The van der Waals surface area contributed by atoms with E-state index in [1.807, 2.05) is 20.0 Å². The summed E-state index contributed by atoms with van der Waals surface area (Å²) in [7, 11) is 0. The van der Waals surface area contributed by atoms with E-state index in [4.69, 9.17) is 20.8 Å². The van der Waals surface area contributed by atoms with E-state index in [9.17, 15) is 4.79 Å². The molecule has 0 spiro atoms. The van der Waals surface area contributed by atoms with Crippen molar-refractivity contribution >= 4 is 23.5 Å². The Morgan fingerprint density at radius 1 is 1.28 bits per heavy atom. The van der Waals surface area contributed by atoms with Gasteiger partial charge in [-0.15, -0.1) is 5.10 Å². The van der Waals surface area contributed by atoms with Crippen LogP contribution in [0.15, 0.2) is 40.9 Å². The summed E-state index contributed by atoms with van der Waals surface area (Å²) in [6.45, 7) is 3.83. The van der Waals surface area contributed by atoms with Gasteiger partial charge in [0, 0.05) is 17.3 Å². The number of hydrogen-bond donors (Lipinski definition) is 1. The number of rotatable bonds is 6. The summed E-state index contributed by atoms with van der Waals surface area (Å²) in [5.74, 6) is 0.344. The lowest BCUT2D eigenvalue weighted by Gasteiger charge is -2.05. The van der Waals surface area contributed by atoms with E-state index in [0.29, 0.717) is 16.5 Å². The van der Waals surface area contributed by atoms with Gasteiger partial charge in [0.1, 0.15) is 11.4 Å². The average Bonchev–Trinajstić information content (AvgIpc) is 3.23. The van der Waals surface area contributed by atoms with Gasteiger partial charge < -0.3 is 9.15 Å². The predicted molar refractivity (Wildman–Crippen MR) is 91.5 cm³/mol. The van der Waals surface area contributed by atoms with Crippen molar-refractivity contribution in [3.8, 4) is 17.3 Å². The molecule has 1 aromatic carbocycles. The zero-order valence-corrected chi connectivity index (χ0v) is 14.4. The van der Waals surface area contributed by atoms with Crippen molar-refractivity contribution in [1.82, 2.24) is 20.0 Å². The number of benzene rings is 1. The molecule has 0 radical (unpaired) electrons. The smallest absolute Gasteiger partial charge is 0.322 e. The van der Waals surface area contributed by atoms with Crippen molar-refractivity contribution in [2.45, 2.75) is 19.9 Å². The number of nitrogens with zero attached hydrogens (tertiary/aromatic N) is 4. The van der Waals surface area contributed by atoms with E-state index in [0.717, 1.165) is 0 Å². The normalized spacial score (nSPS) is 10.9. The van der Waals surface area contributed by atoms with Gasteiger partial charge in [0.2, 0.25) is 0 Å². The number of carbonyl (C=O) groups excluding carboxylic acids is 1. The Bertz CT molecular complexity index is 857. The minimum Gasteiger partial charge on any atom is -0.484 e. The minimum absolute atomic E-state index is 0.0150. The summed E-state index contributed by atoms with van der Waals surface area (Å²) >= 11 is 5.78. The molecule has 3 rings (SSSR count). The maximum Gasteiger partial charge on any atom is 0.322 e. The van der Waals surface area contributed by atoms with E-state index in [-0.39, 0.29) is 24.6 Å². The van der Waals surface area contributed by atoms with E-state index in [1.54, 1.807) is 35.0 Å². The van der Waals surface area contributed by atoms with Gasteiger partial charge in [-0.25, -0.2) is 0 Å². The quantitative estimate of drug-likeness (QED) is 0.724. The van der Waals surface area contributed by atoms with Gasteiger partial charge in [-0.3, -0.25) is 14.8 Å². The molecule has 0 saturated carbocycles. The standard InChI is InChI=1S/C16H16ClN5O3/c1-10(2)22-8-7-13(21-22)15-19-20-16(25-15)18-14(23)9-24-12-5-3-11(17)4-6-12/h3-8,10H,9H2,1-2H3,(H,18,20,23). The van der Waals surface area contributed by atoms with Crippen LogP contribution in [0, 0.1) is 0 Å². The van der Waals surface area contributed by atoms with Gasteiger partial charge in [-0.05, 0) is 44.2 Å². The van der Waals surface area contributed by atoms with Gasteiger partial charge in [-0.1, -0.05) is 16.7 Å². The molecule has 0 fully saturated rings. The second-order valence-corrected chi connectivity index (χ2v) is 5.91. The third-order valence-corrected chi connectivity index (χ3v) is 3.46. The number of carbonyl (C=O) groups is 1. The Kier molecular flexibility index (Phi) is 4.99. The Morgan fingerprint density at radius 3 is 2.72 bits per heavy atom. The van der Waals surface area contributed by atoms with Crippen LogP contribution in [0.4, 0.5) is 6.01 Å². The van der Waals surface area contributed by atoms with Crippen molar-refractivity contribution in [2.75, 3.05) is 11.9 Å². The molecular weight excluding hydrogens is 346 g/mol. The van der Waals surface area contributed by atoms with Crippen LogP contribution in [0.5, 0.6) is 5.75 Å². The highest BCUT2D eigenvalue weighted by atomic mass is 35.5. The first-order chi connectivity index (χ1) is 12.0. The van der Waals surface area contributed by atoms with Crippen LogP contribution in [-0.2, 0) is 4.79 Å². The van der Waals surface area contributed by atoms with Gasteiger partial charge >= 0.3 is 6.01 Å². The molecule has 9 heteroatoms. The van der Waals surface area contributed by atoms with Gasteiger partial charge in [-0.2, -0.15) is 5.10 Å². The fourth-order valence-electron chi connectivity index (χ4n) is 1.95. The van der Waals surface area contributed by atoms with Crippen LogP contribution in [0.3, 0.4) is 0 Å². The number of amides is 1. The molecular formula is C16H16ClN5O3. The molecule has 0 bridgehead atoms. The van der Waals surface area contributed by atoms with Crippen LogP contribution in [0.1, 0.15) is 19.9 Å². The molecule has 0 saturated heterocycles. The maximum atomic E-state index is 11.9. The van der Waals surface area contributed by atoms with E-state index >= 15 is 0 Å². The molecule has 1 amide bonds. The molecule has 2 heterocycles. The van der Waals surface area contributed by atoms with Crippen LogP contribution >= 0.6 is 11.6 Å². The molecule has 1 N–H and O–H groups in total. The summed E-state index contributed by atoms with van der Waals surface area (Å²) in [5.41, 5.74) is 0.541. The minimum atomic E-state index is -0.419. The molecule has 25 heavy (non-hydrogen) atoms. The SMILES string of the molecule is CC(C)n1ccc(-c2nnc(NC(=O)COc3ccc(Cl)cc3)o2)n1. The van der Waals surface area contributed by atoms with E-state index in [1.165, 1.54) is 0 Å². The zero-order chi connectivity index (χ0) is 17.8. The highest BCUT2D eigenvalue weighted by Gasteiger charge is 2.14.